The molecule has 0 saturated heterocycles. The van der Waals surface area contributed by atoms with Crippen LogP contribution in [0, 0.1) is 0 Å². The summed E-state index contributed by atoms with van der Waals surface area (Å²) in [6, 6.07) is 12.6. The Morgan fingerprint density at radius 2 is 1.47 bits per heavy atom. The molecule has 100 valence electrons. The predicted octanol–water partition coefficient (Wildman–Crippen LogP) is 3.37. The number of carboxylic acids is 2. The van der Waals surface area contributed by atoms with Gasteiger partial charge in [0.2, 0.25) is 0 Å². The molecule has 2 N–H and O–H groups in total. The zero-order chi connectivity index (χ0) is 13.8. The van der Waals surface area contributed by atoms with E-state index in [4.69, 9.17) is 14.9 Å². The number of rotatable bonds is 4. The quantitative estimate of drug-likeness (QED) is 0.882. The van der Waals surface area contributed by atoms with Crippen LogP contribution in [0.15, 0.2) is 48.5 Å². The van der Waals surface area contributed by atoms with Gasteiger partial charge in [0.15, 0.2) is 0 Å². The molecule has 5 heteroatoms. The van der Waals surface area contributed by atoms with E-state index in [1.165, 1.54) is 18.2 Å². The lowest BCUT2D eigenvalue weighted by Crippen LogP contribution is -2.07. The van der Waals surface area contributed by atoms with Gasteiger partial charge < -0.3 is 14.9 Å². The van der Waals surface area contributed by atoms with Crippen molar-refractivity contribution in [2.75, 3.05) is 0 Å². The topological polar surface area (TPSA) is 83.8 Å². The van der Waals surface area contributed by atoms with Gasteiger partial charge in [0.05, 0.1) is 11.1 Å². The van der Waals surface area contributed by atoms with Crippen molar-refractivity contribution in [3.05, 3.63) is 59.7 Å². The van der Waals surface area contributed by atoms with Crippen molar-refractivity contribution in [1.29, 1.82) is 0 Å². The largest absolute Gasteiger partial charge is 0.478 e. The fraction of sp³-hybridized carbons (Fsp3) is 0. The van der Waals surface area contributed by atoms with Crippen molar-refractivity contribution in [2.24, 2.45) is 0 Å². The Balaban J connectivity index is 0.00000200. The zero-order valence-corrected chi connectivity index (χ0v) is 9.74. The van der Waals surface area contributed by atoms with Crippen LogP contribution in [0.4, 0.5) is 0 Å². The van der Waals surface area contributed by atoms with E-state index >= 15 is 0 Å². The second kappa shape index (κ2) is 5.22. The van der Waals surface area contributed by atoms with Crippen LogP contribution in [0.5, 0.6) is 11.5 Å². The summed E-state index contributed by atoms with van der Waals surface area (Å²) in [6.07, 6.45) is 0. The van der Waals surface area contributed by atoms with Crippen LogP contribution in [0.3, 0.4) is 0 Å². The van der Waals surface area contributed by atoms with Crippen molar-refractivity contribution in [1.82, 2.24) is 0 Å². The van der Waals surface area contributed by atoms with Gasteiger partial charge >= 0.3 is 11.9 Å². The summed E-state index contributed by atoms with van der Waals surface area (Å²) in [5.74, 6) is -1.78. The van der Waals surface area contributed by atoms with Crippen LogP contribution >= 0.6 is 0 Å². The molecule has 0 aliphatic carbocycles. The number of para-hydroxylation sites is 1. The second-order valence-corrected chi connectivity index (χ2v) is 3.73. The second-order valence-electron chi connectivity index (χ2n) is 3.73. The smallest absolute Gasteiger partial charge is 0.336 e. The molecule has 0 saturated carbocycles. The fourth-order valence-corrected chi connectivity index (χ4v) is 1.57. The molecule has 0 radical (unpaired) electrons. The lowest BCUT2D eigenvalue weighted by Gasteiger charge is -2.07. The van der Waals surface area contributed by atoms with Gasteiger partial charge in [-0.05, 0) is 30.3 Å². The highest BCUT2D eigenvalue weighted by Gasteiger charge is 2.16. The number of aromatic carboxylic acids is 2. The summed E-state index contributed by atoms with van der Waals surface area (Å²) in [7, 11) is 0. The lowest BCUT2D eigenvalue weighted by molar-refractivity contribution is 0.0651. The Morgan fingerprint density at radius 1 is 0.842 bits per heavy atom. The summed E-state index contributed by atoms with van der Waals surface area (Å²) in [4.78, 5) is 21.9. The lowest BCUT2D eigenvalue weighted by atomic mass is 10.1. The van der Waals surface area contributed by atoms with Crippen molar-refractivity contribution < 1.29 is 27.4 Å². The number of hydrogen-bond acceptors (Lipinski definition) is 3. The molecule has 0 bridgehead atoms. The minimum absolute atomic E-state index is 0. The fourth-order valence-electron chi connectivity index (χ4n) is 1.57. The van der Waals surface area contributed by atoms with Gasteiger partial charge in [-0.15, -0.1) is 0 Å². The first-order chi connectivity index (χ1) is 9.08. The number of ether oxygens (including phenoxy) is 1. The molecule has 0 unspecified atom stereocenters. The average molecular weight is 262 g/mol. The SMILES string of the molecule is O=C(O)c1ccc(Oc2ccccc2)cc1C(=O)O.[HH].[HH]. The average Bonchev–Trinajstić information content (AvgIpc) is 2.39. The third-order valence-corrected chi connectivity index (χ3v) is 2.43. The highest BCUT2D eigenvalue weighted by Crippen LogP contribution is 2.24. The van der Waals surface area contributed by atoms with Gasteiger partial charge in [-0.3, -0.25) is 0 Å². The molecule has 0 aliphatic heterocycles. The Morgan fingerprint density at radius 3 is 2.05 bits per heavy atom. The van der Waals surface area contributed by atoms with E-state index in [9.17, 15) is 9.59 Å². The maximum atomic E-state index is 11.0. The molecule has 2 rings (SSSR count). The molecule has 0 amide bonds. The van der Waals surface area contributed by atoms with Crippen LogP contribution in [0.1, 0.15) is 23.6 Å². The van der Waals surface area contributed by atoms with Crippen LogP contribution in [0.25, 0.3) is 0 Å². The van der Waals surface area contributed by atoms with E-state index in [0.717, 1.165) is 0 Å². The van der Waals surface area contributed by atoms with E-state index in [-0.39, 0.29) is 19.7 Å². The Bertz CT molecular complexity index is 629. The Hall–Kier alpha value is -2.82. The molecule has 0 fully saturated rings. The first-order valence-electron chi connectivity index (χ1n) is 5.41. The Kier molecular flexibility index (Phi) is 3.47. The van der Waals surface area contributed by atoms with Gasteiger partial charge in [-0.2, -0.15) is 0 Å². The first-order valence-corrected chi connectivity index (χ1v) is 5.41. The molecule has 19 heavy (non-hydrogen) atoms. The van der Waals surface area contributed by atoms with Crippen molar-refractivity contribution in [3.63, 3.8) is 0 Å². The number of carboxylic acid groups (broad SMARTS) is 2. The summed E-state index contributed by atoms with van der Waals surface area (Å²) in [5, 5.41) is 17.9. The summed E-state index contributed by atoms with van der Waals surface area (Å²) in [6.45, 7) is 0. The Labute approximate surface area is 111 Å². The van der Waals surface area contributed by atoms with E-state index in [2.05, 4.69) is 0 Å². The normalized spacial score (nSPS) is 9.89. The number of carbonyl (C=O) groups is 2. The van der Waals surface area contributed by atoms with Crippen LogP contribution in [-0.2, 0) is 0 Å². The van der Waals surface area contributed by atoms with Crippen molar-refractivity contribution >= 4 is 11.9 Å². The number of benzene rings is 2. The van der Waals surface area contributed by atoms with E-state index in [0.29, 0.717) is 5.75 Å². The maximum Gasteiger partial charge on any atom is 0.336 e. The standard InChI is InChI=1S/C14H10O5.2H2/c15-13(16)11-7-6-10(8-12(11)14(17)18)19-9-4-2-1-3-5-9;;/h1-8H,(H,15,16)(H,17,18);2*1H. The molecule has 5 nitrogen and oxygen atoms in total. The molecular weight excluding hydrogens is 248 g/mol. The van der Waals surface area contributed by atoms with Gasteiger partial charge in [-0.25, -0.2) is 9.59 Å². The van der Waals surface area contributed by atoms with Crippen LogP contribution in [-0.4, -0.2) is 22.2 Å². The summed E-state index contributed by atoms with van der Waals surface area (Å²) < 4.78 is 5.45. The predicted molar refractivity (Wildman–Crippen MR) is 71.1 cm³/mol. The molecule has 2 aromatic carbocycles. The van der Waals surface area contributed by atoms with Crippen molar-refractivity contribution in [3.8, 4) is 11.5 Å². The summed E-state index contributed by atoms with van der Waals surface area (Å²) in [5.41, 5.74) is -0.575. The van der Waals surface area contributed by atoms with Crippen molar-refractivity contribution in [2.45, 2.75) is 0 Å². The molecule has 0 spiro atoms. The van der Waals surface area contributed by atoms with Gasteiger partial charge in [-0.1, -0.05) is 18.2 Å². The molecule has 0 aromatic heterocycles. The zero-order valence-electron chi connectivity index (χ0n) is 9.74. The molecule has 0 atom stereocenters. The number of hydrogen-bond donors (Lipinski definition) is 2. The summed E-state index contributed by atoms with van der Waals surface area (Å²) >= 11 is 0. The van der Waals surface area contributed by atoms with E-state index < -0.39 is 11.9 Å². The van der Waals surface area contributed by atoms with E-state index in [1.807, 2.05) is 6.07 Å². The van der Waals surface area contributed by atoms with Crippen LogP contribution in [0.2, 0.25) is 0 Å². The monoisotopic (exact) mass is 262 g/mol. The maximum absolute atomic E-state index is 11.0. The molecule has 2 aromatic rings. The minimum atomic E-state index is -1.31. The van der Waals surface area contributed by atoms with E-state index in [1.54, 1.807) is 24.3 Å². The molecular formula is C14H14O5. The first kappa shape index (κ1) is 12.6. The third kappa shape index (κ3) is 2.90. The highest BCUT2D eigenvalue weighted by molar-refractivity contribution is 6.02. The molecule has 0 aliphatic rings. The van der Waals surface area contributed by atoms with Gasteiger partial charge in [0.25, 0.3) is 0 Å². The van der Waals surface area contributed by atoms with Gasteiger partial charge in [0, 0.05) is 2.85 Å². The highest BCUT2D eigenvalue weighted by atomic mass is 16.5. The molecule has 0 heterocycles. The van der Waals surface area contributed by atoms with Gasteiger partial charge in [0.1, 0.15) is 11.5 Å². The minimum Gasteiger partial charge on any atom is -0.478 e. The third-order valence-electron chi connectivity index (χ3n) is 2.43. The van der Waals surface area contributed by atoms with Crippen LogP contribution < -0.4 is 4.74 Å².